The fourth-order valence-corrected chi connectivity index (χ4v) is 3.88. The quantitative estimate of drug-likeness (QED) is 0.705. The first kappa shape index (κ1) is 21.0. The van der Waals surface area contributed by atoms with Gasteiger partial charge in [0.25, 0.3) is 5.91 Å². The van der Waals surface area contributed by atoms with Crippen molar-refractivity contribution in [2.24, 2.45) is 0 Å². The molecule has 0 unspecified atom stereocenters. The number of para-hydroxylation sites is 2. The Balaban J connectivity index is 1.62. The number of thioether (sulfide) groups is 1. The minimum atomic E-state index is -0.240. The molecule has 29 heavy (non-hydrogen) atoms. The molecule has 7 heteroatoms. The van der Waals surface area contributed by atoms with Crippen molar-refractivity contribution in [3.8, 4) is 11.5 Å². The summed E-state index contributed by atoms with van der Waals surface area (Å²) < 4.78 is 11.7. The van der Waals surface area contributed by atoms with E-state index in [1.54, 1.807) is 18.0 Å². The standard InChI is InChI=1S/C22H26N2O4S/c1-15(2)23-21(25)14-29-20-11-7-4-8-17(20)22(26)24(3)12-16-13-27-18-9-5-6-10-19(18)28-16/h4-11,15-16H,12-14H2,1-3H3,(H,23,25)/t16-/m1/s1. The first-order valence-corrected chi connectivity index (χ1v) is 10.6. The highest BCUT2D eigenvalue weighted by Crippen LogP contribution is 2.31. The lowest BCUT2D eigenvalue weighted by Crippen LogP contribution is -2.41. The van der Waals surface area contributed by atoms with Gasteiger partial charge >= 0.3 is 0 Å². The average molecular weight is 415 g/mol. The van der Waals surface area contributed by atoms with Gasteiger partial charge in [0.15, 0.2) is 17.6 Å². The smallest absolute Gasteiger partial charge is 0.254 e. The van der Waals surface area contributed by atoms with Gasteiger partial charge in [-0.3, -0.25) is 9.59 Å². The van der Waals surface area contributed by atoms with E-state index < -0.39 is 0 Å². The Morgan fingerprint density at radius 3 is 2.59 bits per heavy atom. The molecule has 1 N–H and O–H groups in total. The third-order valence-electron chi connectivity index (χ3n) is 4.32. The van der Waals surface area contributed by atoms with Crippen molar-refractivity contribution in [2.75, 3.05) is 26.0 Å². The number of nitrogens with one attached hydrogen (secondary N) is 1. The van der Waals surface area contributed by atoms with Crippen molar-refractivity contribution in [3.63, 3.8) is 0 Å². The van der Waals surface area contributed by atoms with Crippen molar-refractivity contribution in [3.05, 3.63) is 54.1 Å². The molecule has 0 bridgehead atoms. The van der Waals surface area contributed by atoms with Crippen LogP contribution in [-0.4, -0.2) is 54.8 Å². The van der Waals surface area contributed by atoms with E-state index in [9.17, 15) is 9.59 Å². The lowest BCUT2D eigenvalue weighted by molar-refractivity contribution is -0.119. The largest absolute Gasteiger partial charge is 0.486 e. The van der Waals surface area contributed by atoms with Gasteiger partial charge in [-0.1, -0.05) is 24.3 Å². The van der Waals surface area contributed by atoms with Crippen LogP contribution in [0.25, 0.3) is 0 Å². The van der Waals surface area contributed by atoms with Gasteiger partial charge < -0.3 is 19.7 Å². The molecule has 2 aromatic carbocycles. The van der Waals surface area contributed by atoms with E-state index in [0.29, 0.717) is 24.5 Å². The number of benzene rings is 2. The fourth-order valence-electron chi connectivity index (χ4n) is 3.02. The first-order chi connectivity index (χ1) is 13.9. The summed E-state index contributed by atoms with van der Waals surface area (Å²) in [6, 6.07) is 15.0. The molecule has 1 aliphatic rings. The molecule has 1 aliphatic heterocycles. The number of carbonyl (C=O) groups excluding carboxylic acids is 2. The van der Waals surface area contributed by atoms with E-state index in [4.69, 9.17) is 9.47 Å². The normalized spacial score (nSPS) is 15.1. The number of carbonyl (C=O) groups is 2. The maximum atomic E-state index is 13.0. The molecule has 0 radical (unpaired) electrons. The number of hydrogen-bond acceptors (Lipinski definition) is 5. The Morgan fingerprint density at radius 2 is 1.83 bits per heavy atom. The summed E-state index contributed by atoms with van der Waals surface area (Å²) in [5.41, 5.74) is 0.578. The van der Waals surface area contributed by atoms with Crippen LogP contribution in [-0.2, 0) is 4.79 Å². The molecule has 3 rings (SSSR count). The van der Waals surface area contributed by atoms with Crippen LogP contribution in [0.3, 0.4) is 0 Å². The Bertz CT molecular complexity index is 871. The van der Waals surface area contributed by atoms with Gasteiger partial charge in [-0.2, -0.15) is 0 Å². The van der Waals surface area contributed by atoms with Crippen LogP contribution in [0.4, 0.5) is 0 Å². The summed E-state index contributed by atoms with van der Waals surface area (Å²) in [4.78, 5) is 27.4. The van der Waals surface area contributed by atoms with Gasteiger partial charge in [-0.15, -0.1) is 11.8 Å². The number of nitrogens with zero attached hydrogens (tertiary/aromatic N) is 1. The summed E-state index contributed by atoms with van der Waals surface area (Å²) in [6.07, 6.45) is -0.240. The maximum absolute atomic E-state index is 13.0. The van der Waals surface area contributed by atoms with Crippen molar-refractivity contribution in [1.82, 2.24) is 10.2 Å². The molecule has 154 valence electrons. The molecular weight excluding hydrogens is 388 g/mol. The molecule has 1 atom stereocenters. The average Bonchev–Trinajstić information content (AvgIpc) is 2.71. The second-order valence-corrected chi connectivity index (χ2v) is 8.21. The van der Waals surface area contributed by atoms with Crippen molar-refractivity contribution >= 4 is 23.6 Å². The highest BCUT2D eigenvalue weighted by atomic mass is 32.2. The molecule has 2 amide bonds. The molecule has 1 heterocycles. The maximum Gasteiger partial charge on any atom is 0.254 e. The van der Waals surface area contributed by atoms with E-state index in [0.717, 1.165) is 10.6 Å². The Morgan fingerprint density at radius 1 is 1.14 bits per heavy atom. The SMILES string of the molecule is CC(C)NC(=O)CSc1ccccc1C(=O)N(C)C[C@@H]1COc2ccccc2O1. The second-order valence-electron chi connectivity index (χ2n) is 7.19. The molecule has 0 saturated carbocycles. The highest BCUT2D eigenvalue weighted by Gasteiger charge is 2.25. The molecule has 2 aromatic rings. The first-order valence-electron chi connectivity index (χ1n) is 9.59. The van der Waals surface area contributed by atoms with Crippen molar-refractivity contribution in [2.45, 2.75) is 30.9 Å². The van der Waals surface area contributed by atoms with E-state index in [1.807, 2.05) is 56.3 Å². The van der Waals surface area contributed by atoms with Crippen molar-refractivity contribution in [1.29, 1.82) is 0 Å². The minimum absolute atomic E-state index is 0.0490. The monoisotopic (exact) mass is 414 g/mol. The Kier molecular flexibility index (Phi) is 7.04. The summed E-state index contributed by atoms with van der Waals surface area (Å²) in [6.45, 7) is 4.63. The van der Waals surface area contributed by atoms with Crippen molar-refractivity contribution < 1.29 is 19.1 Å². The van der Waals surface area contributed by atoms with Gasteiger partial charge in [0.05, 0.1) is 17.9 Å². The minimum Gasteiger partial charge on any atom is -0.486 e. The molecule has 0 fully saturated rings. The number of rotatable bonds is 7. The fraction of sp³-hybridized carbons (Fsp3) is 0.364. The van der Waals surface area contributed by atoms with Gasteiger partial charge in [0, 0.05) is 18.0 Å². The van der Waals surface area contributed by atoms with Crippen LogP contribution in [0.15, 0.2) is 53.4 Å². The van der Waals surface area contributed by atoms with Gasteiger partial charge in [0.2, 0.25) is 5.91 Å². The lowest BCUT2D eigenvalue weighted by Gasteiger charge is -2.29. The summed E-state index contributed by atoms with van der Waals surface area (Å²) >= 11 is 1.36. The van der Waals surface area contributed by atoms with Crippen LogP contribution in [0.1, 0.15) is 24.2 Å². The Hall–Kier alpha value is -2.67. The number of amides is 2. The summed E-state index contributed by atoms with van der Waals surface area (Å²) in [5, 5.41) is 2.86. The number of hydrogen-bond donors (Lipinski definition) is 1. The van der Waals surface area contributed by atoms with E-state index in [2.05, 4.69) is 5.32 Å². The highest BCUT2D eigenvalue weighted by molar-refractivity contribution is 8.00. The lowest BCUT2D eigenvalue weighted by atomic mass is 10.2. The molecule has 0 aliphatic carbocycles. The third kappa shape index (κ3) is 5.67. The topological polar surface area (TPSA) is 67.9 Å². The second kappa shape index (κ2) is 9.69. The molecule has 0 spiro atoms. The summed E-state index contributed by atoms with van der Waals surface area (Å²) in [5.74, 6) is 1.52. The van der Waals surface area contributed by atoms with Crippen LogP contribution in [0.5, 0.6) is 11.5 Å². The van der Waals surface area contributed by atoms with Crippen LogP contribution < -0.4 is 14.8 Å². The number of ether oxygens (including phenoxy) is 2. The third-order valence-corrected chi connectivity index (χ3v) is 5.39. The van der Waals surface area contributed by atoms with Gasteiger partial charge in [-0.05, 0) is 38.1 Å². The predicted molar refractivity (Wildman–Crippen MR) is 114 cm³/mol. The molecule has 0 saturated heterocycles. The van der Waals surface area contributed by atoms with E-state index >= 15 is 0 Å². The van der Waals surface area contributed by atoms with Gasteiger partial charge in [0.1, 0.15) is 6.61 Å². The van der Waals surface area contributed by atoms with Crippen LogP contribution in [0.2, 0.25) is 0 Å². The zero-order chi connectivity index (χ0) is 20.8. The van der Waals surface area contributed by atoms with Crippen LogP contribution >= 0.6 is 11.8 Å². The Labute approximate surface area is 175 Å². The molecule has 0 aromatic heterocycles. The number of fused-ring (bicyclic) bond motifs is 1. The molecular formula is C22H26N2O4S. The zero-order valence-electron chi connectivity index (χ0n) is 16.9. The van der Waals surface area contributed by atoms with E-state index in [1.165, 1.54) is 11.8 Å². The zero-order valence-corrected chi connectivity index (χ0v) is 17.7. The molecule has 6 nitrogen and oxygen atoms in total. The number of likely N-dealkylation sites (N-methyl/N-ethyl adjacent to an activating group) is 1. The predicted octanol–water partition coefficient (Wildman–Crippen LogP) is 3.22. The van der Waals surface area contributed by atoms with Crippen LogP contribution in [0, 0.1) is 0 Å². The summed E-state index contributed by atoms with van der Waals surface area (Å²) in [7, 11) is 1.75. The van der Waals surface area contributed by atoms with E-state index in [-0.39, 0.29) is 29.7 Å². The van der Waals surface area contributed by atoms with Gasteiger partial charge in [-0.25, -0.2) is 0 Å².